The van der Waals surface area contributed by atoms with Crippen molar-refractivity contribution in [2.45, 2.75) is 0 Å². The van der Waals surface area contributed by atoms with E-state index in [4.69, 9.17) is 5.41 Å². The number of aliphatic imine (C=N–C) groups is 1. The first-order chi connectivity index (χ1) is 4.85. The lowest BCUT2D eigenvalue weighted by molar-refractivity contribution is 1.55. The summed E-state index contributed by atoms with van der Waals surface area (Å²) in [6.07, 6.45) is 7.52. The summed E-state index contributed by atoms with van der Waals surface area (Å²) in [7, 11) is 0. The average Bonchev–Trinajstić information content (AvgIpc) is 1.99. The second-order valence-electron chi connectivity index (χ2n) is 1.48. The predicted molar refractivity (Wildman–Crippen MR) is 45.8 cm³/mol. The largest absolute Gasteiger partial charge is 0.307 e. The van der Waals surface area contributed by atoms with Crippen molar-refractivity contribution >= 4 is 11.9 Å². The molecule has 10 heavy (non-hydrogen) atoms. The topological polar surface area (TPSA) is 36.2 Å². The van der Waals surface area contributed by atoms with Crippen LogP contribution in [0.25, 0.3) is 0 Å². The van der Waals surface area contributed by atoms with Crippen molar-refractivity contribution in [1.29, 1.82) is 5.41 Å². The molecular formula is C8H10N2. The van der Waals surface area contributed by atoms with Gasteiger partial charge in [0.1, 0.15) is 0 Å². The van der Waals surface area contributed by atoms with Crippen LogP contribution in [0.4, 0.5) is 0 Å². The smallest absolute Gasteiger partial charge is 0.0799 e. The molecule has 0 atom stereocenters. The second-order valence-corrected chi connectivity index (χ2v) is 1.48. The fourth-order valence-electron chi connectivity index (χ4n) is 0.339. The van der Waals surface area contributed by atoms with Crippen LogP contribution in [0.5, 0.6) is 0 Å². The highest BCUT2D eigenvalue weighted by molar-refractivity contribution is 6.34. The molecule has 0 heterocycles. The maximum atomic E-state index is 6.81. The van der Waals surface area contributed by atoms with Gasteiger partial charge in [-0.15, -0.1) is 0 Å². The average molecular weight is 134 g/mol. The first-order valence-electron chi connectivity index (χ1n) is 2.83. The molecule has 0 saturated heterocycles. The third-order valence-corrected chi connectivity index (χ3v) is 0.803. The summed E-state index contributed by atoms with van der Waals surface area (Å²) in [5, 5.41) is 6.81. The van der Waals surface area contributed by atoms with Crippen LogP contribution < -0.4 is 0 Å². The molecule has 0 aromatic heterocycles. The molecule has 2 nitrogen and oxygen atoms in total. The highest BCUT2D eigenvalue weighted by atomic mass is 14.7. The van der Waals surface area contributed by atoms with Crippen LogP contribution in [-0.2, 0) is 0 Å². The van der Waals surface area contributed by atoms with Gasteiger partial charge in [0.2, 0.25) is 0 Å². The van der Waals surface area contributed by atoms with E-state index in [2.05, 4.69) is 18.2 Å². The lowest BCUT2D eigenvalue weighted by Crippen LogP contribution is -1.90. The summed E-state index contributed by atoms with van der Waals surface area (Å²) < 4.78 is 0. The maximum Gasteiger partial charge on any atom is 0.0799 e. The molecule has 0 unspecified atom stereocenters. The van der Waals surface area contributed by atoms with Crippen molar-refractivity contribution in [3.63, 3.8) is 0 Å². The monoisotopic (exact) mass is 134 g/mol. The van der Waals surface area contributed by atoms with Crippen molar-refractivity contribution in [1.82, 2.24) is 0 Å². The molecule has 0 saturated carbocycles. The molecule has 0 spiro atoms. The molecule has 0 aromatic rings. The van der Waals surface area contributed by atoms with Gasteiger partial charge in [0.05, 0.1) is 5.71 Å². The van der Waals surface area contributed by atoms with Crippen LogP contribution in [0.2, 0.25) is 0 Å². The number of hydrogen-bond donors (Lipinski definition) is 1. The molecule has 0 aromatic carbocycles. The fourth-order valence-corrected chi connectivity index (χ4v) is 0.339. The van der Waals surface area contributed by atoms with Crippen molar-refractivity contribution in [2.75, 3.05) is 0 Å². The van der Waals surface area contributed by atoms with Crippen LogP contribution in [0.15, 0.2) is 42.6 Å². The SMILES string of the molecule is C=C/C=C\N=C(C=C)C=N. The molecule has 0 aliphatic heterocycles. The van der Waals surface area contributed by atoms with Crippen LogP contribution in [0.3, 0.4) is 0 Å². The Morgan fingerprint density at radius 2 is 2.10 bits per heavy atom. The van der Waals surface area contributed by atoms with E-state index >= 15 is 0 Å². The summed E-state index contributed by atoms with van der Waals surface area (Å²) in [5.41, 5.74) is 0.540. The fraction of sp³-hybridized carbons (Fsp3) is 0. The Labute approximate surface area is 60.8 Å². The second kappa shape index (κ2) is 5.69. The molecule has 0 rings (SSSR count). The third kappa shape index (κ3) is 3.55. The Morgan fingerprint density at radius 3 is 2.50 bits per heavy atom. The minimum Gasteiger partial charge on any atom is -0.307 e. The lowest BCUT2D eigenvalue weighted by atomic mass is 10.4. The van der Waals surface area contributed by atoms with Gasteiger partial charge < -0.3 is 5.41 Å². The molecular weight excluding hydrogens is 124 g/mol. The Balaban J connectivity index is 4.10. The number of hydrogen-bond acceptors (Lipinski definition) is 2. The van der Waals surface area contributed by atoms with Gasteiger partial charge in [-0.25, -0.2) is 0 Å². The van der Waals surface area contributed by atoms with Gasteiger partial charge in [0.25, 0.3) is 0 Å². The summed E-state index contributed by atoms with van der Waals surface area (Å²) >= 11 is 0. The quantitative estimate of drug-likeness (QED) is 0.450. The third-order valence-electron chi connectivity index (χ3n) is 0.803. The Kier molecular flexibility index (Phi) is 4.87. The molecule has 0 bridgehead atoms. The number of nitrogens with one attached hydrogen (secondary N) is 1. The van der Waals surface area contributed by atoms with Gasteiger partial charge in [-0.1, -0.05) is 19.2 Å². The molecule has 0 aliphatic rings. The van der Waals surface area contributed by atoms with Gasteiger partial charge in [-0.2, -0.15) is 0 Å². The summed E-state index contributed by atoms with van der Waals surface area (Å²) in [4.78, 5) is 3.85. The zero-order chi connectivity index (χ0) is 7.82. The lowest BCUT2D eigenvalue weighted by Gasteiger charge is -1.82. The van der Waals surface area contributed by atoms with E-state index in [1.54, 1.807) is 18.4 Å². The standard InChI is InChI=1S/C8H10N2/c1-3-5-6-10-8(4-2)7-9/h3-7,9H,1-2H2/b6-5-,9-7?,10-8?. The predicted octanol–water partition coefficient (Wildman–Crippen LogP) is 1.96. The molecule has 0 aliphatic carbocycles. The van der Waals surface area contributed by atoms with Crippen molar-refractivity contribution in [3.8, 4) is 0 Å². The highest BCUT2D eigenvalue weighted by Crippen LogP contribution is 1.79. The van der Waals surface area contributed by atoms with Gasteiger partial charge in [0, 0.05) is 12.4 Å². The van der Waals surface area contributed by atoms with Crippen molar-refractivity contribution < 1.29 is 0 Å². The molecule has 2 heteroatoms. The first kappa shape index (κ1) is 8.56. The zero-order valence-corrected chi connectivity index (χ0v) is 5.75. The van der Waals surface area contributed by atoms with Crippen LogP contribution in [0.1, 0.15) is 0 Å². The van der Waals surface area contributed by atoms with Crippen molar-refractivity contribution in [3.05, 3.63) is 37.6 Å². The normalized spacial score (nSPS) is 11.4. The van der Waals surface area contributed by atoms with Gasteiger partial charge in [-0.3, -0.25) is 4.99 Å². The first-order valence-corrected chi connectivity index (χ1v) is 2.83. The van der Waals surface area contributed by atoms with E-state index in [0.717, 1.165) is 6.21 Å². The molecule has 52 valence electrons. The molecule has 0 fully saturated rings. The van der Waals surface area contributed by atoms with E-state index in [-0.39, 0.29) is 0 Å². The number of nitrogens with zero attached hydrogens (tertiary/aromatic N) is 1. The summed E-state index contributed by atoms with van der Waals surface area (Å²) in [5.74, 6) is 0. The Morgan fingerprint density at radius 1 is 1.40 bits per heavy atom. The highest BCUT2D eigenvalue weighted by Gasteiger charge is 1.78. The van der Waals surface area contributed by atoms with E-state index in [1.165, 1.54) is 6.08 Å². The van der Waals surface area contributed by atoms with E-state index in [9.17, 15) is 0 Å². The minimum absolute atomic E-state index is 0.540. The molecule has 1 N–H and O–H groups in total. The van der Waals surface area contributed by atoms with Crippen molar-refractivity contribution in [2.24, 2.45) is 4.99 Å². The van der Waals surface area contributed by atoms with Gasteiger partial charge in [0.15, 0.2) is 0 Å². The van der Waals surface area contributed by atoms with E-state index < -0.39 is 0 Å². The summed E-state index contributed by atoms with van der Waals surface area (Å²) in [6, 6.07) is 0. The van der Waals surface area contributed by atoms with E-state index in [1.807, 2.05) is 0 Å². The number of rotatable bonds is 4. The number of allylic oxidation sites excluding steroid dienone is 3. The van der Waals surface area contributed by atoms with Crippen LogP contribution in [-0.4, -0.2) is 11.9 Å². The molecule has 0 amide bonds. The summed E-state index contributed by atoms with van der Waals surface area (Å²) in [6.45, 7) is 6.94. The van der Waals surface area contributed by atoms with E-state index in [0.29, 0.717) is 5.71 Å². The maximum absolute atomic E-state index is 6.81. The van der Waals surface area contributed by atoms with Crippen LogP contribution in [0, 0.1) is 5.41 Å². The Bertz CT molecular complexity index is 177. The van der Waals surface area contributed by atoms with Gasteiger partial charge in [-0.05, 0) is 12.2 Å². The van der Waals surface area contributed by atoms with Gasteiger partial charge >= 0.3 is 0 Å². The zero-order valence-electron chi connectivity index (χ0n) is 5.75. The molecule has 0 radical (unpaired) electrons. The Hall–Kier alpha value is -1.44. The van der Waals surface area contributed by atoms with Crippen LogP contribution >= 0.6 is 0 Å². The minimum atomic E-state index is 0.540.